The molecule has 0 bridgehead atoms. The Morgan fingerprint density at radius 3 is 1.84 bits per heavy atom. The van der Waals surface area contributed by atoms with Crippen molar-refractivity contribution in [1.82, 2.24) is 0 Å². The Morgan fingerprint density at radius 1 is 0.781 bits per heavy atom. The fourth-order valence-electron chi connectivity index (χ4n) is 6.82. The SMILES string of the molecule is CC(C)C1=CC=C(c2ccccc2C(C)C)C(C(C)C)(P2C(C)(C)CC(=O)CC2(C)C)C1. The molecule has 1 aromatic carbocycles. The summed E-state index contributed by atoms with van der Waals surface area (Å²) in [6.45, 7) is 23.8. The van der Waals surface area contributed by atoms with Crippen LogP contribution in [0.1, 0.15) is 106 Å². The molecule has 3 rings (SSSR count). The van der Waals surface area contributed by atoms with E-state index in [4.69, 9.17) is 0 Å². The molecule has 0 saturated carbocycles. The lowest BCUT2D eigenvalue weighted by molar-refractivity contribution is -0.120. The zero-order valence-corrected chi connectivity index (χ0v) is 23.1. The molecule has 1 saturated heterocycles. The van der Waals surface area contributed by atoms with Crippen molar-refractivity contribution < 1.29 is 4.79 Å². The van der Waals surface area contributed by atoms with E-state index in [1.807, 2.05) is 0 Å². The highest BCUT2D eigenvalue weighted by molar-refractivity contribution is 7.63. The number of ketones is 1. The van der Waals surface area contributed by atoms with Crippen molar-refractivity contribution in [3.05, 3.63) is 53.1 Å². The molecular formula is C30H45OP. The van der Waals surface area contributed by atoms with Crippen molar-refractivity contribution >= 4 is 19.3 Å². The minimum Gasteiger partial charge on any atom is -0.300 e. The molecule has 0 amide bonds. The van der Waals surface area contributed by atoms with Gasteiger partial charge in [-0.3, -0.25) is 4.79 Å². The van der Waals surface area contributed by atoms with Crippen LogP contribution in [0.4, 0.5) is 0 Å². The van der Waals surface area contributed by atoms with E-state index >= 15 is 0 Å². The molecule has 1 aliphatic carbocycles. The molecule has 176 valence electrons. The number of carbonyl (C=O) groups excluding carboxylic acids is 1. The van der Waals surface area contributed by atoms with Crippen molar-refractivity contribution in [3.8, 4) is 0 Å². The van der Waals surface area contributed by atoms with Crippen LogP contribution in [0.3, 0.4) is 0 Å². The number of hydrogen-bond donors (Lipinski definition) is 0. The molecule has 2 aliphatic rings. The highest BCUT2D eigenvalue weighted by atomic mass is 31.1. The Bertz CT molecular complexity index is 908. The fourth-order valence-corrected chi connectivity index (χ4v) is 12.6. The lowest BCUT2D eigenvalue weighted by Crippen LogP contribution is -2.51. The van der Waals surface area contributed by atoms with E-state index in [1.165, 1.54) is 16.7 Å². The quantitative estimate of drug-likeness (QED) is 0.407. The van der Waals surface area contributed by atoms with Crippen LogP contribution in [-0.2, 0) is 4.79 Å². The molecule has 32 heavy (non-hydrogen) atoms. The second-order valence-corrected chi connectivity index (χ2v) is 16.2. The van der Waals surface area contributed by atoms with Crippen molar-refractivity contribution in [1.29, 1.82) is 0 Å². The summed E-state index contributed by atoms with van der Waals surface area (Å²) >= 11 is 0. The molecule has 1 aliphatic heterocycles. The fraction of sp³-hybridized carbons (Fsp3) is 0.633. The van der Waals surface area contributed by atoms with E-state index in [0.717, 1.165) is 19.3 Å². The average Bonchev–Trinajstić information content (AvgIpc) is 2.65. The maximum Gasteiger partial charge on any atom is 0.134 e. The second kappa shape index (κ2) is 8.87. The summed E-state index contributed by atoms with van der Waals surface area (Å²) in [5.74, 6) is 1.96. The molecular weight excluding hydrogens is 407 g/mol. The summed E-state index contributed by atoms with van der Waals surface area (Å²) in [6.07, 6.45) is 7.45. The third-order valence-electron chi connectivity index (χ3n) is 7.84. The zero-order chi connectivity index (χ0) is 24.1. The summed E-state index contributed by atoms with van der Waals surface area (Å²) < 4.78 is 0. The highest BCUT2D eigenvalue weighted by Gasteiger charge is 2.59. The van der Waals surface area contributed by atoms with Gasteiger partial charge in [0.2, 0.25) is 0 Å². The molecule has 1 heterocycles. The van der Waals surface area contributed by atoms with E-state index in [0.29, 0.717) is 23.5 Å². The standard InChI is InChI=1S/C30H45OP/c1-20(2)23-15-16-27(26-14-12-11-13-25(26)21(3)4)30(17-23,22(5)6)32-28(7,8)18-24(31)19-29(32,9)10/h11-16,20-22H,17-19H2,1-10H3. The van der Waals surface area contributed by atoms with Gasteiger partial charge in [0.1, 0.15) is 5.78 Å². The topological polar surface area (TPSA) is 17.1 Å². The third kappa shape index (κ3) is 4.32. The van der Waals surface area contributed by atoms with Gasteiger partial charge in [-0.2, -0.15) is 0 Å². The summed E-state index contributed by atoms with van der Waals surface area (Å²) in [7, 11) is -0.503. The second-order valence-electron chi connectivity index (χ2n) is 12.3. The van der Waals surface area contributed by atoms with E-state index in [1.54, 1.807) is 5.57 Å². The van der Waals surface area contributed by atoms with Crippen molar-refractivity contribution in [2.45, 2.75) is 110 Å². The van der Waals surface area contributed by atoms with E-state index in [9.17, 15) is 4.79 Å². The number of benzene rings is 1. The maximum absolute atomic E-state index is 12.8. The first-order valence-electron chi connectivity index (χ1n) is 12.6. The summed E-state index contributed by atoms with van der Waals surface area (Å²) in [6, 6.07) is 9.08. The van der Waals surface area contributed by atoms with Crippen molar-refractivity contribution in [2.75, 3.05) is 0 Å². The minimum absolute atomic E-state index is 0.0176. The average molecular weight is 453 g/mol. The van der Waals surface area contributed by atoms with Gasteiger partial charge in [-0.1, -0.05) is 119 Å². The zero-order valence-electron chi connectivity index (χ0n) is 22.2. The van der Waals surface area contributed by atoms with Gasteiger partial charge in [-0.15, -0.1) is 0 Å². The number of carbonyl (C=O) groups is 1. The van der Waals surface area contributed by atoms with Crippen LogP contribution in [0.15, 0.2) is 42.0 Å². The highest BCUT2D eigenvalue weighted by Crippen LogP contribution is 2.78. The van der Waals surface area contributed by atoms with Crippen LogP contribution in [0.2, 0.25) is 0 Å². The minimum atomic E-state index is -0.503. The first-order valence-corrected chi connectivity index (χ1v) is 13.9. The van der Waals surface area contributed by atoms with Crippen LogP contribution < -0.4 is 0 Å². The van der Waals surface area contributed by atoms with Crippen LogP contribution in [0.25, 0.3) is 5.57 Å². The van der Waals surface area contributed by atoms with E-state index in [2.05, 4.69) is 106 Å². The van der Waals surface area contributed by atoms with Gasteiger partial charge in [-0.05, 0) is 51.2 Å². The third-order valence-corrected chi connectivity index (χ3v) is 12.3. The predicted octanol–water partition coefficient (Wildman–Crippen LogP) is 8.98. The Kier molecular flexibility index (Phi) is 7.04. The van der Waals surface area contributed by atoms with Gasteiger partial charge >= 0.3 is 0 Å². The number of hydrogen-bond acceptors (Lipinski definition) is 1. The van der Waals surface area contributed by atoms with Gasteiger partial charge in [0.05, 0.1) is 0 Å². The molecule has 1 nitrogen and oxygen atoms in total. The van der Waals surface area contributed by atoms with Gasteiger partial charge in [-0.25, -0.2) is 0 Å². The molecule has 2 heteroatoms. The Hall–Kier alpha value is -1.20. The van der Waals surface area contributed by atoms with Crippen LogP contribution in [0.5, 0.6) is 0 Å². The number of allylic oxidation sites excluding steroid dienone is 4. The Labute approximate surface area is 198 Å². The normalized spacial score (nSPS) is 26.0. The Balaban J connectivity index is 2.37. The Morgan fingerprint density at radius 2 is 1.34 bits per heavy atom. The van der Waals surface area contributed by atoms with Crippen molar-refractivity contribution in [3.63, 3.8) is 0 Å². The maximum atomic E-state index is 12.8. The van der Waals surface area contributed by atoms with Crippen molar-refractivity contribution in [2.24, 2.45) is 11.8 Å². The molecule has 1 aromatic rings. The predicted molar refractivity (Wildman–Crippen MR) is 143 cm³/mol. The van der Waals surface area contributed by atoms with Gasteiger partial charge in [0, 0.05) is 18.0 Å². The largest absolute Gasteiger partial charge is 0.300 e. The number of Topliss-reactive ketones (excluding diaryl/α,β-unsaturated/α-hetero) is 1. The smallest absolute Gasteiger partial charge is 0.134 e. The molecule has 1 atom stereocenters. The monoisotopic (exact) mass is 452 g/mol. The molecule has 1 unspecified atom stereocenters. The van der Waals surface area contributed by atoms with Gasteiger partial charge < -0.3 is 0 Å². The summed E-state index contributed by atoms with van der Waals surface area (Å²) in [4.78, 5) is 12.8. The van der Waals surface area contributed by atoms with Gasteiger partial charge in [0.15, 0.2) is 0 Å². The van der Waals surface area contributed by atoms with Crippen LogP contribution >= 0.6 is 7.92 Å². The molecule has 1 fully saturated rings. The lowest BCUT2D eigenvalue weighted by atomic mass is 9.72. The summed E-state index contributed by atoms with van der Waals surface area (Å²) in [5, 5.41) is 0.0931. The van der Waals surface area contributed by atoms with E-state index in [-0.39, 0.29) is 15.5 Å². The molecule has 0 N–H and O–H groups in total. The van der Waals surface area contributed by atoms with Crippen LogP contribution in [0, 0.1) is 11.8 Å². The number of rotatable bonds is 5. The molecule has 0 aromatic heterocycles. The first kappa shape index (κ1) is 25.4. The lowest BCUT2D eigenvalue weighted by Gasteiger charge is -2.62. The molecule has 0 radical (unpaired) electrons. The van der Waals surface area contributed by atoms with Crippen LogP contribution in [-0.4, -0.2) is 21.3 Å². The molecule has 0 spiro atoms. The summed E-state index contributed by atoms with van der Waals surface area (Å²) in [5.41, 5.74) is 5.98. The van der Waals surface area contributed by atoms with Gasteiger partial charge in [0.25, 0.3) is 0 Å². The first-order chi connectivity index (χ1) is 14.7. The van der Waals surface area contributed by atoms with E-state index < -0.39 is 7.92 Å².